The number of aromatic nitrogens is 2. The summed E-state index contributed by atoms with van der Waals surface area (Å²) >= 11 is 1.66. The first kappa shape index (κ1) is 13.2. The molecule has 0 saturated heterocycles. The summed E-state index contributed by atoms with van der Waals surface area (Å²) in [5.41, 5.74) is 2.80. The molecule has 0 bridgehead atoms. The minimum Gasteiger partial charge on any atom is -0.352 e. The predicted octanol–water partition coefficient (Wildman–Crippen LogP) is 2.77. The molecule has 2 aromatic rings. The van der Waals surface area contributed by atoms with E-state index in [0.717, 1.165) is 21.8 Å². The number of hydrogen-bond acceptors (Lipinski definition) is 4. The largest absolute Gasteiger partial charge is 0.352 e. The molecule has 1 aliphatic rings. The fraction of sp³-hybridized carbons (Fsp3) is 0.429. The monoisotopic (exact) mass is 290 g/mol. The topological polar surface area (TPSA) is 59.0 Å². The van der Waals surface area contributed by atoms with Gasteiger partial charge in [-0.05, 0) is 18.9 Å². The number of anilines is 1. The lowest BCUT2D eigenvalue weighted by molar-refractivity contribution is 0.0936. The fourth-order valence-electron chi connectivity index (χ4n) is 2.30. The van der Waals surface area contributed by atoms with Gasteiger partial charge in [-0.2, -0.15) is 5.10 Å². The molecule has 2 aromatic heterocycles. The number of thiophene rings is 1. The van der Waals surface area contributed by atoms with Crippen molar-refractivity contribution in [3.63, 3.8) is 0 Å². The Hall–Kier alpha value is -1.82. The smallest absolute Gasteiger partial charge is 0.256 e. The van der Waals surface area contributed by atoms with Gasteiger partial charge in [0.25, 0.3) is 5.91 Å². The van der Waals surface area contributed by atoms with E-state index >= 15 is 0 Å². The van der Waals surface area contributed by atoms with Crippen molar-refractivity contribution in [3.05, 3.63) is 34.0 Å². The molecule has 3 heterocycles. The number of carbonyl (C=O) groups is 1. The summed E-state index contributed by atoms with van der Waals surface area (Å²) in [5.74, 6) is 0.411. The van der Waals surface area contributed by atoms with E-state index in [1.807, 2.05) is 24.7 Å². The zero-order chi connectivity index (χ0) is 14.4. The van der Waals surface area contributed by atoms with Gasteiger partial charge in [0.15, 0.2) is 0 Å². The highest BCUT2D eigenvalue weighted by Gasteiger charge is 2.29. The van der Waals surface area contributed by atoms with Gasteiger partial charge in [-0.3, -0.25) is 9.48 Å². The van der Waals surface area contributed by atoms with Crippen LogP contribution in [0.4, 0.5) is 5.00 Å². The molecule has 0 spiro atoms. The number of nitrogens with one attached hydrogen (secondary N) is 2. The normalized spacial score (nSPS) is 17.9. The second kappa shape index (κ2) is 4.63. The van der Waals surface area contributed by atoms with Gasteiger partial charge in [-0.1, -0.05) is 13.8 Å². The minimum absolute atomic E-state index is 0.0184. The van der Waals surface area contributed by atoms with Crippen LogP contribution in [0.15, 0.2) is 12.3 Å². The molecular weight excluding hydrogens is 272 g/mol. The molecule has 6 heteroatoms. The van der Waals surface area contributed by atoms with E-state index in [1.54, 1.807) is 17.5 Å². The summed E-state index contributed by atoms with van der Waals surface area (Å²) in [4.78, 5) is 13.5. The molecule has 106 valence electrons. The van der Waals surface area contributed by atoms with Crippen LogP contribution in [0.25, 0.3) is 0 Å². The third-order valence-electron chi connectivity index (χ3n) is 3.70. The Balaban J connectivity index is 1.96. The summed E-state index contributed by atoms with van der Waals surface area (Å²) < 4.78 is 1.81. The Morgan fingerprint density at radius 1 is 1.40 bits per heavy atom. The van der Waals surface area contributed by atoms with Crippen molar-refractivity contribution in [3.8, 4) is 0 Å². The van der Waals surface area contributed by atoms with Gasteiger partial charge in [0.1, 0.15) is 11.2 Å². The fourth-order valence-corrected chi connectivity index (χ4v) is 3.39. The van der Waals surface area contributed by atoms with Crippen LogP contribution in [-0.2, 0) is 7.05 Å². The van der Waals surface area contributed by atoms with Crippen LogP contribution in [0.2, 0.25) is 0 Å². The van der Waals surface area contributed by atoms with E-state index < -0.39 is 0 Å². The van der Waals surface area contributed by atoms with Crippen molar-refractivity contribution in [2.75, 3.05) is 5.32 Å². The maximum atomic E-state index is 12.3. The van der Waals surface area contributed by atoms with Crippen molar-refractivity contribution in [1.29, 1.82) is 0 Å². The lowest BCUT2D eigenvalue weighted by Gasteiger charge is -2.25. The van der Waals surface area contributed by atoms with Crippen LogP contribution in [-0.4, -0.2) is 15.7 Å². The molecule has 0 aliphatic carbocycles. The molecular formula is C14H18N4OS. The number of hydrogen-bond donors (Lipinski definition) is 2. The number of fused-ring (bicyclic) bond motifs is 1. The van der Waals surface area contributed by atoms with Crippen molar-refractivity contribution in [2.24, 2.45) is 7.05 Å². The Bertz CT molecular complexity index is 671. The first-order valence-electron chi connectivity index (χ1n) is 6.67. The quantitative estimate of drug-likeness (QED) is 0.894. The lowest BCUT2D eigenvalue weighted by atomic mass is 10.1. The third kappa shape index (κ3) is 2.00. The number of amides is 1. The molecule has 1 unspecified atom stereocenters. The second-order valence-electron chi connectivity index (χ2n) is 5.41. The van der Waals surface area contributed by atoms with Gasteiger partial charge < -0.3 is 10.6 Å². The first-order chi connectivity index (χ1) is 9.47. The molecule has 1 aliphatic heterocycles. The molecule has 0 aromatic carbocycles. The van der Waals surface area contributed by atoms with Gasteiger partial charge in [-0.15, -0.1) is 11.3 Å². The van der Waals surface area contributed by atoms with E-state index in [1.165, 1.54) is 4.88 Å². The molecule has 1 amide bonds. The number of nitrogens with zero attached hydrogens (tertiary/aromatic N) is 2. The van der Waals surface area contributed by atoms with Crippen molar-refractivity contribution in [2.45, 2.75) is 32.9 Å². The molecule has 5 nitrogen and oxygen atoms in total. The Labute approximate surface area is 122 Å². The number of carbonyl (C=O) groups excluding carboxylic acids is 1. The minimum atomic E-state index is -0.206. The summed E-state index contributed by atoms with van der Waals surface area (Å²) in [6, 6.07) is 1.99. The van der Waals surface area contributed by atoms with Crippen LogP contribution in [0.5, 0.6) is 0 Å². The number of aryl methyl sites for hydroxylation is 1. The average molecular weight is 290 g/mol. The number of rotatable bonds is 2. The average Bonchev–Trinajstić information content (AvgIpc) is 2.95. The summed E-state index contributed by atoms with van der Waals surface area (Å²) in [6.45, 7) is 6.27. The molecule has 20 heavy (non-hydrogen) atoms. The maximum absolute atomic E-state index is 12.3. The Morgan fingerprint density at radius 2 is 2.15 bits per heavy atom. The van der Waals surface area contributed by atoms with Crippen LogP contribution >= 0.6 is 11.3 Å². The SMILES string of the molecule is Cc1c(C2NC(=O)c3cc(C(C)C)sc3N2)cnn1C. The zero-order valence-corrected chi connectivity index (χ0v) is 12.8. The van der Waals surface area contributed by atoms with E-state index in [2.05, 4.69) is 29.6 Å². The van der Waals surface area contributed by atoms with E-state index in [9.17, 15) is 4.79 Å². The van der Waals surface area contributed by atoms with E-state index in [4.69, 9.17) is 0 Å². The molecule has 0 radical (unpaired) electrons. The van der Waals surface area contributed by atoms with Crippen LogP contribution in [0, 0.1) is 6.92 Å². The highest BCUT2D eigenvalue weighted by atomic mass is 32.1. The van der Waals surface area contributed by atoms with Crippen molar-refractivity contribution >= 4 is 22.2 Å². The van der Waals surface area contributed by atoms with Crippen LogP contribution < -0.4 is 10.6 Å². The van der Waals surface area contributed by atoms with Gasteiger partial charge in [-0.25, -0.2) is 0 Å². The first-order valence-corrected chi connectivity index (χ1v) is 7.48. The van der Waals surface area contributed by atoms with Crippen molar-refractivity contribution < 1.29 is 4.79 Å². The van der Waals surface area contributed by atoms with Gasteiger partial charge in [0, 0.05) is 23.2 Å². The molecule has 1 atom stereocenters. The lowest BCUT2D eigenvalue weighted by Crippen LogP contribution is -2.37. The summed E-state index contributed by atoms with van der Waals surface area (Å²) in [7, 11) is 1.90. The standard InChI is InChI=1S/C14H18N4OS/c1-7(2)11-5-9-13(19)16-12(17-14(9)20-11)10-6-15-18(4)8(10)3/h5-7,12,17H,1-4H3,(H,16,19). The van der Waals surface area contributed by atoms with E-state index in [-0.39, 0.29) is 12.1 Å². The molecule has 0 fully saturated rings. The van der Waals surface area contributed by atoms with Crippen LogP contribution in [0.1, 0.15) is 52.4 Å². The summed E-state index contributed by atoms with van der Waals surface area (Å²) in [5, 5.41) is 11.6. The van der Waals surface area contributed by atoms with Gasteiger partial charge >= 0.3 is 0 Å². The third-order valence-corrected chi connectivity index (χ3v) is 5.07. The molecule has 0 saturated carbocycles. The van der Waals surface area contributed by atoms with Crippen LogP contribution in [0.3, 0.4) is 0 Å². The highest BCUT2D eigenvalue weighted by Crippen LogP contribution is 2.37. The zero-order valence-electron chi connectivity index (χ0n) is 12.0. The Morgan fingerprint density at radius 3 is 2.75 bits per heavy atom. The molecule has 3 rings (SSSR count). The highest BCUT2D eigenvalue weighted by molar-refractivity contribution is 7.16. The maximum Gasteiger partial charge on any atom is 0.256 e. The predicted molar refractivity (Wildman–Crippen MR) is 80.2 cm³/mol. The molecule has 2 N–H and O–H groups in total. The summed E-state index contributed by atoms with van der Waals surface area (Å²) in [6.07, 6.45) is 1.59. The van der Waals surface area contributed by atoms with Gasteiger partial charge in [0.2, 0.25) is 0 Å². The second-order valence-corrected chi connectivity index (χ2v) is 6.49. The van der Waals surface area contributed by atoms with E-state index in [0.29, 0.717) is 5.92 Å². The van der Waals surface area contributed by atoms with Gasteiger partial charge in [0.05, 0.1) is 11.8 Å². The Kier molecular flexibility index (Phi) is 3.05. The van der Waals surface area contributed by atoms with Crippen molar-refractivity contribution in [1.82, 2.24) is 15.1 Å².